The molecular weight excluding hydrogens is 383 g/mol. The number of rotatable bonds is 4. The summed E-state index contributed by atoms with van der Waals surface area (Å²) in [5, 5.41) is 14.5. The molecule has 2 aromatic heterocycles. The fraction of sp³-hybridized carbons (Fsp3) is 0. The number of nitriles is 1. The third kappa shape index (κ3) is 3.82. The Kier molecular flexibility index (Phi) is 4.59. The lowest BCUT2D eigenvalue weighted by Crippen LogP contribution is -1.97. The zero-order valence-corrected chi connectivity index (χ0v) is 15.3. The second-order valence-corrected chi connectivity index (χ2v) is 6.61. The number of benzene rings is 2. The van der Waals surface area contributed by atoms with E-state index < -0.39 is 0 Å². The Hall–Kier alpha value is -3.20. The van der Waals surface area contributed by atoms with Crippen LogP contribution in [0.1, 0.15) is 5.69 Å². The standard InChI is InChI=1S/C20H12Cl2N4O/c21-13-2-4-19(17(22)7-13)27-16-8-15(11-23)26-20(10-16)25-14-3-1-12-5-6-24-18(12)9-14/h1-10,24H,(H,25,26). The molecule has 0 fully saturated rings. The minimum absolute atomic E-state index is 0.223. The Bertz CT molecular complexity index is 1180. The van der Waals surface area contributed by atoms with E-state index in [4.69, 9.17) is 27.9 Å². The van der Waals surface area contributed by atoms with Crippen LogP contribution < -0.4 is 10.1 Å². The molecule has 0 aliphatic carbocycles. The Morgan fingerprint density at radius 3 is 2.74 bits per heavy atom. The highest BCUT2D eigenvalue weighted by molar-refractivity contribution is 6.35. The Labute approximate surface area is 165 Å². The predicted octanol–water partition coefficient (Wildman–Crippen LogP) is 6.28. The van der Waals surface area contributed by atoms with E-state index in [0.717, 1.165) is 16.6 Å². The number of fused-ring (bicyclic) bond motifs is 1. The van der Waals surface area contributed by atoms with Crippen LogP contribution in [0.4, 0.5) is 11.5 Å². The number of pyridine rings is 1. The topological polar surface area (TPSA) is 73.7 Å². The summed E-state index contributed by atoms with van der Waals surface area (Å²) in [5.74, 6) is 1.36. The molecule has 2 aromatic carbocycles. The van der Waals surface area contributed by atoms with Gasteiger partial charge < -0.3 is 15.0 Å². The van der Waals surface area contributed by atoms with E-state index in [2.05, 4.69) is 15.3 Å². The van der Waals surface area contributed by atoms with E-state index in [0.29, 0.717) is 27.4 Å². The number of ether oxygens (including phenoxy) is 1. The molecule has 5 nitrogen and oxygen atoms in total. The van der Waals surface area contributed by atoms with Crippen molar-refractivity contribution in [3.63, 3.8) is 0 Å². The summed E-state index contributed by atoms with van der Waals surface area (Å²) in [6.07, 6.45) is 1.88. The smallest absolute Gasteiger partial charge is 0.146 e. The third-order valence-corrected chi connectivity index (χ3v) is 4.39. The number of anilines is 2. The van der Waals surface area contributed by atoms with Crippen LogP contribution in [-0.2, 0) is 0 Å². The van der Waals surface area contributed by atoms with Gasteiger partial charge in [0.2, 0.25) is 0 Å². The normalized spacial score (nSPS) is 10.6. The zero-order chi connectivity index (χ0) is 18.8. The van der Waals surface area contributed by atoms with Crippen molar-refractivity contribution in [1.29, 1.82) is 5.26 Å². The van der Waals surface area contributed by atoms with Gasteiger partial charge in [0.05, 0.1) is 5.02 Å². The van der Waals surface area contributed by atoms with Crippen LogP contribution in [-0.4, -0.2) is 9.97 Å². The van der Waals surface area contributed by atoms with Gasteiger partial charge in [-0.25, -0.2) is 4.98 Å². The van der Waals surface area contributed by atoms with Gasteiger partial charge in [0.1, 0.15) is 29.1 Å². The lowest BCUT2D eigenvalue weighted by atomic mass is 10.2. The number of H-pyrrole nitrogens is 1. The van der Waals surface area contributed by atoms with Gasteiger partial charge in [-0.3, -0.25) is 0 Å². The van der Waals surface area contributed by atoms with E-state index in [1.165, 1.54) is 0 Å². The molecule has 4 rings (SSSR count). The number of hydrogen-bond donors (Lipinski definition) is 2. The van der Waals surface area contributed by atoms with Gasteiger partial charge in [0.15, 0.2) is 0 Å². The number of nitrogens with one attached hydrogen (secondary N) is 2. The molecule has 0 unspecified atom stereocenters. The molecule has 0 radical (unpaired) electrons. The molecule has 2 heterocycles. The molecule has 0 aliphatic heterocycles. The van der Waals surface area contributed by atoms with Gasteiger partial charge in [-0.2, -0.15) is 5.26 Å². The first-order chi connectivity index (χ1) is 13.1. The van der Waals surface area contributed by atoms with Crippen molar-refractivity contribution in [2.75, 3.05) is 5.32 Å². The largest absolute Gasteiger partial charge is 0.456 e. The van der Waals surface area contributed by atoms with Gasteiger partial charge in [0.25, 0.3) is 0 Å². The van der Waals surface area contributed by atoms with E-state index in [1.54, 1.807) is 30.3 Å². The summed E-state index contributed by atoms with van der Waals surface area (Å²) in [7, 11) is 0. The van der Waals surface area contributed by atoms with Crippen LogP contribution in [0.2, 0.25) is 10.0 Å². The SMILES string of the molecule is N#Cc1cc(Oc2ccc(Cl)cc2Cl)cc(Nc2ccc3cc[nH]c3c2)n1. The maximum absolute atomic E-state index is 9.28. The van der Waals surface area contributed by atoms with Crippen molar-refractivity contribution < 1.29 is 4.74 Å². The van der Waals surface area contributed by atoms with Crippen LogP contribution in [0.5, 0.6) is 11.5 Å². The molecule has 0 aliphatic rings. The van der Waals surface area contributed by atoms with Gasteiger partial charge in [-0.1, -0.05) is 29.3 Å². The Morgan fingerprint density at radius 2 is 1.93 bits per heavy atom. The average Bonchev–Trinajstić information content (AvgIpc) is 3.11. The maximum Gasteiger partial charge on any atom is 0.146 e. The minimum Gasteiger partial charge on any atom is -0.456 e. The third-order valence-electron chi connectivity index (χ3n) is 3.86. The molecule has 27 heavy (non-hydrogen) atoms. The second-order valence-electron chi connectivity index (χ2n) is 5.77. The van der Waals surface area contributed by atoms with E-state index in [9.17, 15) is 5.26 Å². The number of halogens is 2. The summed E-state index contributed by atoms with van der Waals surface area (Å²) in [4.78, 5) is 7.44. The molecule has 0 saturated heterocycles. The molecule has 0 spiro atoms. The lowest BCUT2D eigenvalue weighted by Gasteiger charge is -2.11. The predicted molar refractivity (Wildman–Crippen MR) is 107 cm³/mol. The number of aromatic nitrogens is 2. The lowest BCUT2D eigenvalue weighted by molar-refractivity contribution is 0.482. The molecule has 7 heteroatoms. The average molecular weight is 395 g/mol. The fourth-order valence-electron chi connectivity index (χ4n) is 2.64. The van der Waals surface area contributed by atoms with Crippen molar-refractivity contribution in [3.8, 4) is 17.6 Å². The fourth-order valence-corrected chi connectivity index (χ4v) is 3.09. The van der Waals surface area contributed by atoms with Crippen molar-refractivity contribution in [3.05, 3.63) is 76.5 Å². The monoisotopic (exact) mass is 394 g/mol. The van der Waals surface area contributed by atoms with Crippen LogP contribution >= 0.6 is 23.2 Å². The zero-order valence-electron chi connectivity index (χ0n) is 13.8. The summed E-state index contributed by atoms with van der Waals surface area (Å²) < 4.78 is 5.81. The van der Waals surface area contributed by atoms with Crippen molar-refractivity contribution >= 4 is 45.6 Å². The van der Waals surface area contributed by atoms with Crippen molar-refractivity contribution in [2.45, 2.75) is 0 Å². The summed E-state index contributed by atoms with van der Waals surface area (Å²) in [6, 6.07) is 18.1. The van der Waals surface area contributed by atoms with Gasteiger partial charge in [-0.05, 0) is 41.8 Å². The number of aromatic amines is 1. The Balaban J connectivity index is 1.64. The van der Waals surface area contributed by atoms with E-state index in [-0.39, 0.29) is 5.69 Å². The second kappa shape index (κ2) is 7.20. The van der Waals surface area contributed by atoms with E-state index in [1.807, 2.05) is 36.5 Å². The van der Waals surface area contributed by atoms with Crippen molar-refractivity contribution in [2.24, 2.45) is 0 Å². The van der Waals surface area contributed by atoms with Crippen LogP contribution in [0.15, 0.2) is 60.8 Å². The molecule has 0 atom stereocenters. The van der Waals surface area contributed by atoms with Crippen molar-refractivity contribution in [1.82, 2.24) is 9.97 Å². The molecule has 0 saturated carbocycles. The summed E-state index contributed by atoms with van der Waals surface area (Å²) in [5.41, 5.74) is 2.06. The highest BCUT2D eigenvalue weighted by atomic mass is 35.5. The number of nitrogens with zero attached hydrogens (tertiary/aromatic N) is 2. The Morgan fingerprint density at radius 1 is 1.04 bits per heavy atom. The quantitative estimate of drug-likeness (QED) is 0.427. The van der Waals surface area contributed by atoms with Gasteiger partial charge >= 0.3 is 0 Å². The highest BCUT2D eigenvalue weighted by Crippen LogP contribution is 2.33. The molecule has 0 amide bonds. The first kappa shape index (κ1) is 17.2. The summed E-state index contributed by atoms with van der Waals surface area (Å²) >= 11 is 12.1. The minimum atomic E-state index is 0.223. The highest BCUT2D eigenvalue weighted by Gasteiger charge is 2.09. The van der Waals surface area contributed by atoms with E-state index >= 15 is 0 Å². The molecular formula is C20H12Cl2N4O. The maximum atomic E-state index is 9.28. The first-order valence-electron chi connectivity index (χ1n) is 8.00. The van der Waals surface area contributed by atoms with Crippen LogP contribution in [0.3, 0.4) is 0 Å². The van der Waals surface area contributed by atoms with Crippen LogP contribution in [0, 0.1) is 11.3 Å². The van der Waals surface area contributed by atoms with Gasteiger partial charge in [0, 0.05) is 34.6 Å². The number of hydrogen-bond acceptors (Lipinski definition) is 4. The summed E-state index contributed by atoms with van der Waals surface area (Å²) in [6.45, 7) is 0. The molecule has 0 bridgehead atoms. The van der Waals surface area contributed by atoms with Crippen LogP contribution in [0.25, 0.3) is 10.9 Å². The van der Waals surface area contributed by atoms with Gasteiger partial charge in [-0.15, -0.1) is 0 Å². The molecule has 4 aromatic rings. The molecule has 132 valence electrons. The molecule has 2 N–H and O–H groups in total. The first-order valence-corrected chi connectivity index (χ1v) is 8.75.